The van der Waals surface area contributed by atoms with Gasteiger partial charge in [0.2, 0.25) is 12.3 Å². The summed E-state index contributed by atoms with van der Waals surface area (Å²) in [4.78, 5) is 36.3. The van der Waals surface area contributed by atoms with Crippen LogP contribution in [-0.2, 0) is 14.3 Å². The summed E-state index contributed by atoms with van der Waals surface area (Å²) in [5, 5.41) is 13.7. The third-order valence-corrected chi connectivity index (χ3v) is 6.24. The van der Waals surface area contributed by atoms with E-state index in [0.29, 0.717) is 5.75 Å². The zero-order valence-corrected chi connectivity index (χ0v) is 19.3. The fraction of sp³-hybridized carbons (Fsp3) is 0.375. The average Bonchev–Trinajstić information content (AvgIpc) is 3.13. The van der Waals surface area contributed by atoms with Crippen LogP contribution in [0.25, 0.3) is 11.1 Å². The maximum Gasteiger partial charge on any atom is 0.407 e. The van der Waals surface area contributed by atoms with Gasteiger partial charge in [0.1, 0.15) is 18.7 Å². The van der Waals surface area contributed by atoms with E-state index < -0.39 is 42.9 Å². The highest BCUT2D eigenvalue weighted by atomic mass is 32.2. The van der Waals surface area contributed by atoms with E-state index in [4.69, 9.17) is 4.74 Å². The number of aliphatic carboxylic acids is 1. The first-order valence-electron chi connectivity index (χ1n) is 10.7. The van der Waals surface area contributed by atoms with Gasteiger partial charge in [-0.15, -0.1) is 0 Å². The highest BCUT2D eigenvalue weighted by molar-refractivity contribution is 7.98. The lowest BCUT2D eigenvalue weighted by Gasteiger charge is -2.21. The van der Waals surface area contributed by atoms with Gasteiger partial charge in [0, 0.05) is 12.3 Å². The number of alkyl carbamates (subject to hydrolysis) is 1. The molecule has 2 atom stereocenters. The second kappa shape index (κ2) is 11.8. The number of rotatable bonds is 11. The van der Waals surface area contributed by atoms with Gasteiger partial charge in [-0.2, -0.15) is 11.8 Å². The maximum atomic E-state index is 13.1. The van der Waals surface area contributed by atoms with E-state index in [1.807, 2.05) is 48.5 Å². The van der Waals surface area contributed by atoms with E-state index >= 15 is 0 Å². The normalized spacial score (nSPS) is 14.1. The maximum absolute atomic E-state index is 13.1. The predicted molar refractivity (Wildman–Crippen MR) is 125 cm³/mol. The third-order valence-electron chi connectivity index (χ3n) is 5.59. The molecule has 34 heavy (non-hydrogen) atoms. The average molecular weight is 493 g/mol. The van der Waals surface area contributed by atoms with Crippen LogP contribution in [0.3, 0.4) is 0 Å². The number of hydrogen-bond acceptors (Lipinski definition) is 5. The number of carbonyl (C=O) groups is 3. The van der Waals surface area contributed by atoms with Crippen LogP contribution in [0.2, 0.25) is 0 Å². The van der Waals surface area contributed by atoms with Gasteiger partial charge >= 0.3 is 12.1 Å². The molecule has 0 saturated carbocycles. The monoisotopic (exact) mass is 492 g/mol. The number of fused-ring (bicyclic) bond motifs is 3. The number of halogens is 2. The van der Waals surface area contributed by atoms with Crippen LogP contribution in [0.15, 0.2) is 48.5 Å². The van der Waals surface area contributed by atoms with Crippen LogP contribution in [0, 0.1) is 0 Å². The zero-order valence-electron chi connectivity index (χ0n) is 18.5. The Balaban J connectivity index is 1.65. The molecule has 0 radical (unpaired) electrons. The van der Waals surface area contributed by atoms with Crippen molar-refractivity contribution in [3.05, 3.63) is 59.7 Å². The summed E-state index contributed by atoms with van der Waals surface area (Å²) in [6.45, 7) is -0.0473. The molecule has 3 rings (SSSR count). The smallest absolute Gasteiger partial charge is 0.407 e. The highest BCUT2D eigenvalue weighted by Crippen LogP contribution is 2.44. The van der Waals surface area contributed by atoms with Gasteiger partial charge in [-0.05, 0) is 40.7 Å². The van der Waals surface area contributed by atoms with E-state index in [9.17, 15) is 28.3 Å². The van der Waals surface area contributed by atoms with Crippen molar-refractivity contribution in [1.82, 2.24) is 10.6 Å². The van der Waals surface area contributed by atoms with Crippen molar-refractivity contribution < 1.29 is 33.0 Å². The molecule has 1 aliphatic carbocycles. The fourth-order valence-corrected chi connectivity index (χ4v) is 4.43. The summed E-state index contributed by atoms with van der Waals surface area (Å²) in [7, 11) is 0. The minimum absolute atomic E-state index is 0.0473. The number of carboxylic acid groups (broad SMARTS) is 1. The molecule has 0 aromatic heterocycles. The Morgan fingerprint density at radius 1 is 1.00 bits per heavy atom. The van der Waals surface area contributed by atoms with Gasteiger partial charge in [-0.25, -0.2) is 18.4 Å². The lowest BCUT2D eigenvalue weighted by atomic mass is 9.98. The molecule has 2 aromatic rings. The van der Waals surface area contributed by atoms with E-state index in [-0.39, 0.29) is 18.9 Å². The highest BCUT2D eigenvalue weighted by Gasteiger charge is 2.31. The number of thioether (sulfide) groups is 1. The van der Waals surface area contributed by atoms with Crippen molar-refractivity contribution in [2.75, 3.05) is 18.6 Å². The number of carboxylic acids is 1. The molecule has 10 heteroatoms. The second-order valence-electron chi connectivity index (χ2n) is 7.83. The van der Waals surface area contributed by atoms with Gasteiger partial charge in [0.25, 0.3) is 0 Å². The molecular weight excluding hydrogens is 466 g/mol. The second-order valence-corrected chi connectivity index (χ2v) is 8.82. The van der Waals surface area contributed by atoms with Crippen molar-refractivity contribution in [3.8, 4) is 11.1 Å². The molecule has 0 aliphatic heterocycles. The minimum Gasteiger partial charge on any atom is -0.480 e. The predicted octanol–water partition coefficient (Wildman–Crippen LogP) is 3.87. The fourth-order valence-electron chi connectivity index (χ4n) is 3.96. The Hall–Kier alpha value is -3.14. The SMILES string of the molecule is CSCCC(NC(=O)C(CC(F)F)NC(=O)OCC1c2ccccc2-c2ccccc21)C(=O)O. The number of ether oxygens (including phenoxy) is 1. The van der Waals surface area contributed by atoms with Crippen LogP contribution >= 0.6 is 11.8 Å². The van der Waals surface area contributed by atoms with Crippen molar-refractivity contribution in [2.45, 2.75) is 37.3 Å². The van der Waals surface area contributed by atoms with E-state index in [2.05, 4.69) is 10.6 Å². The van der Waals surface area contributed by atoms with Crippen LogP contribution in [0.1, 0.15) is 29.9 Å². The first kappa shape index (κ1) is 25.5. The summed E-state index contributed by atoms with van der Waals surface area (Å²) >= 11 is 1.39. The van der Waals surface area contributed by atoms with Gasteiger partial charge in [0.05, 0.1) is 0 Å². The van der Waals surface area contributed by atoms with Gasteiger partial charge < -0.3 is 20.5 Å². The summed E-state index contributed by atoms with van der Waals surface area (Å²) in [6.07, 6.45) is -2.99. The Kier molecular flexibility index (Phi) is 8.86. The van der Waals surface area contributed by atoms with Gasteiger partial charge in [-0.3, -0.25) is 4.79 Å². The molecule has 3 N–H and O–H groups in total. The standard InChI is InChI=1S/C24H26F2N2O5S/c1-34-11-10-19(23(30)31)27-22(29)20(12-21(25)26)28-24(32)33-13-18-16-8-4-2-6-14(16)15-7-3-5-9-17(15)18/h2-9,18-21H,10-13H2,1H3,(H,27,29)(H,28,32)(H,30,31). The molecule has 0 spiro atoms. The van der Waals surface area contributed by atoms with E-state index in [1.54, 1.807) is 6.26 Å². The van der Waals surface area contributed by atoms with Crippen molar-refractivity contribution >= 4 is 29.7 Å². The topological polar surface area (TPSA) is 105 Å². The first-order valence-corrected chi connectivity index (χ1v) is 12.1. The molecule has 1 aliphatic rings. The Labute approximate surface area is 200 Å². The lowest BCUT2D eigenvalue weighted by molar-refractivity contribution is -0.142. The Morgan fingerprint density at radius 2 is 1.59 bits per heavy atom. The summed E-state index contributed by atoms with van der Waals surface area (Å²) in [6, 6.07) is 12.6. The number of benzene rings is 2. The molecular formula is C24H26F2N2O5S. The van der Waals surface area contributed by atoms with Crippen molar-refractivity contribution in [2.24, 2.45) is 0 Å². The zero-order chi connectivity index (χ0) is 24.7. The molecule has 0 heterocycles. The quantitative estimate of drug-likeness (QED) is 0.440. The first-order chi connectivity index (χ1) is 16.3. The van der Waals surface area contributed by atoms with E-state index in [1.165, 1.54) is 11.8 Å². The van der Waals surface area contributed by atoms with Gasteiger partial charge in [0.15, 0.2) is 0 Å². The Morgan fingerprint density at radius 3 is 2.12 bits per heavy atom. The molecule has 2 aromatic carbocycles. The van der Waals surface area contributed by atoms with Crippen LogP contribution in [0.4, 0.5) is 13.6 Å². The summed E-state index contributed by atoms with van der Waals surface area (Å²) in [5.74, 6) is -2.05. The molecule has 182 valence electrons. The number of amides is 2. The van der Waals surface area contributed by atoms with Crippen LogP contribution in [0.5, 0.6) is 0 Å². The van der Waals surface area contributed by atoms with Crippen molar-refractivity contribution in [3.63, 3.8) is 0 Å². The summed E-state index contributed by atoms with van der Waals surface area (Å²) < 4.78 is 31.5. The number of hydrogen-bond donors (Lipinski definition) is 3. The van der Waals surface area contributed by atoms with E-state index in [0.717, 1.165) is 22.3 Å². The van der Waals surface area contributed by atoms with Crippen molar-refractivity contribution in [1.29, 1.82) is 0 Å². The minimum atomic E-state index is -2.89. The van der Waals surface area contributed by atoms with Gasteiger partial charge in [-0.1, -0.05) is 48.5 Å². The molecule has 2 amide bonds. The number of nitrogens with one attached hydrogen (secondary N) is 2. The molecule has 0 bridgehead atoms. The number of carbonyl (C=O) groups excluding carboxylic acids is 2. The molecule has 7 nitrogen and oxygen atoms in total. The lowest BCUT2D eigenvalue weighted by Crippen LogP contribution is -2.52. The van der Waals surface area contributed by atoms with Crippen LogP contribution < -0.4 is 10.6 Å². The largest absolute Gasteiger partial charge is 0.480 e. The Bertz CT molecular complexity index is 990. The van der Waals surface area contributed by atoms with Crippen LogP contribution in [-0.4, -0.2) is 60.2 Å². The molecule has 0 fully saturated rings. The summed E-state index contributed by atoms with van der Waals surface area (Å²) in [5.41, 5.74) is 4.03. The number of alkyl halides is 2. The third kappa shape index (κ3) is 6.25. The molecule has 2 unspecified atom stereocenters. The molecule has 0 saturated heterocycles.